The number of hydrogen-bond donors (Lipinski definition) is 2. The minimum Gasteiger partial charge on any atom is -0.482 e. The maximum atomic E-state index is 12.4. The quantitative estimate of drug-likeness (QED) is 0.873. The lowest BCUT2D eigenvalue weighted by Crippen LogP contribution is -2.27. The van der Waals surface area contributed by atoms with Crippen molar-refractivity contribution in [3.05, 3.63) is 53.6 Å². The van der Waals surface area contributed by atoms with Gasteiger partial charge in [-0.3, -0.25) is 9.59 Å². The average molecular weight is 366 g/mol. The number of halogens is 3. The standard InChI is InChI=1S/C17H13F3N2O4/c18-17(19,20)26-13-4-2-1-3-11(13)8-21-16(24)10-5-6-12-14(7-10)25-9-15(23)22-12/h1-7H,8-9H2,(H,21,24)(H,22,23). The Morgan fingerprint density at radius 1 is 1.23 bits per heavy atom. The van der Waals surface area contributed by atoms with Gasteiger partial charge in [0, 0.05) is 17.7 Å². The van der Waals surface area contributed by atoms with E-state index in [0.29, 0.717) is 11.4 Å². The summed E-state index contributed by atoms with van der Waals surface area (Å²) in [6.45, 7) is -0.306. The highest BCUT2D eigenvalue weighted by atomic mass is 19.4. The molecule has 0 fully saturated rings. The Bertz CT molecular complexity index is 852. The molecule has 136 valence electrons. The Balaban J connectivity index is 1.69. The van der Waals surface area contributed by atoms with E-state index < -0.39 is 12.3 Å². The molecular formula is C17H13F3N2O4. The third-order valence-electron chi connectivity index (χ3n) is 3.51. The average Bonchev–Trinajstić information content (AvgIpc) is 2.59. The van der Waals surface area contributed by atoms with Crippen LogP contribution < -0.4 is 20.1 Å². The lowest BCUT2D eigenvalue weighted by Gasteiger charge is -2.18. The molecule has 1 aliphatic heterocycles. The molecule has 0 atom stereocenters. The molecule has 26 heavy (non-hydrogen) atoms. The minimum atomic E-state index is -4.82. The van der Waals surface area contributed by atoms with E-state index in [4.69, 9.17) is 4.74 Å². The smallest absolute Gasteiger partial charge is 0.482 e. The number of para-hydroxylation sites is 1. The minimum absolute atomic E-state index is 0.153. The summed E-state index contributed by atoms with van der Waals surface area (Å²) in [5.74, 6) is -0.832. The first-order valence-corrected chi connectivity index (χ1v) is 7.50. The van der Waals surface area contributed by atoms with Gasteiger partial charge in [0.05, 0.1) is 5.69 Å². The van der Waals surface area contributed by atoms with Gasteiger partial charge in [-0.25, -0.2) is 0 Å². The second kappa shape index (κ2) is 6.95. The van der Waals surface area contributed by atoms with Gasteiger partial charge in [-0.1, -0.05) is 18.2 Å². The molecule has 0 saturated carbocycles. The molecule has 9 heteroatoms. The number of hydrogen-bond acceptors (Lipinski definition) is 4. The number of rotatable bonds is 4. The lowest BCUT2D eigenvalue weighted by atomic mass is 10.1. The third kappa shape index (κ3) is 4.24. The summed E-state index contributed by atoms with van der Waals surface area (Å²) in [4.78, 5) is 23.5. The summed E-state index contributed by atoms with van der Waals surface area (Å²) >= 11 is 0. The van der Waals surface area contributed by atoms with Crippen LogP contribution in [0.5, 0.6) is 11.5 Å². The molecule has 0 radical (unpaired) electrons. The molecular weight excluding hydrogens is 353 g/mol. The Morgan fingerprint density at radius 2 is 2.00 bits per heavy atom. The molecule has 3 rings (SSSR count). The fourth-order valence-electron chi connectivity index (χ4n) is 2.37. The molecule has 0 aromatic heterocycles. The van der Waals surface area contributed by atoms with Gasteiger partial charge < -0.3 is 20.1 Å². The number of fused-ring (bicyclic) bond motifs is 1. The van der Waals surface area contributed by atoms with Crippen LogP contribution in [-0.4, -0.2) is 24.8 Å². The molecule has 0 spiro atoms. The first-order chi connectivity index (χ1) is 12.3. The van der Waals surface area contributed by atoms with Gasteiger partial charge in [0.15, 0.2) is 6.61 Å². The summed E-state index contributed by atoms with van der Waals surface area (Å²) in [5, 5.41) is 5.12. The number of carbonyl (C=O) groups is 2. The van der Waals surface area contributed by atoms with Crippen LogP contribution in [0.25, 0.3) is 0 Å². The van der Waals surface area contributed by atoms with Crippen LogP contribution in [0, 0.1) is 0 Å². The van der Waals surface area contributed by atoms with Crippen LogP contribution in [0.15, 0.2) is 42.5 Å². The molecule has 1 heterocycles. The number of benzene rings is 2. The highest BCUT2D eigenvalue weighted by molar-refractivity contribution is 5.98. The monoisotopic (exact) mass is 366 g/mol. The first-order valence-electron chi connectivity index (χ1n) is 7.50. The van der Waals surface area contributed by atoms with Crippen LogP contribution in [0.2, 0.25) is 0 Å². The summed E-state index contributed by atoms with van der Waals surface area (Å²) in [5.41, 5.74) is 0.871. The number of carbonyl (C=O) groups excluding carboxylic acids is 2. The number of alkyl halides is 3. The SMILES string of the molecule is O=C1COc2cc(C(=O)NCc3ccccc3OC(F)(F)F)ccc2N1. The van der Waals surface area contributed by atoms with E-state index in [1.807, 2.05) is 0 Å². The molecule has 2 N–H and O–H groups in total. The third-order valence-corrected chi connectivity index (χ3v) is 3.51. The zero-order valence-corrected chi connectivity index (χ0v) is 13.2. The zero-order chi connectivity index (χ0) is 18.7. The van der Waals surface area contributed by atoms with Gasteiger partial charge >= 0.3 is 6.36 Å². The van der Waals surface area contributed by atoms with Gasteiger partial charge in [0.25, 0.3) is 11.8 Å². The largest absolute Gasteiger partial charge is 0.573 e. The lowest BCUT2D eigenvalue weighted by molar-refractivity contribution is -0.274. The van der Waals surface area contributed by atoms with Gasteiger partial charge in [0.1, 0.15) is 11.5 Å². The number of ether oxygens (including phenoxy) is 2. The molecule has 2 aromatic carbocycles. The second-order valence-electron chi connectivity index (χ2n) is 5.39. The van der Waals surface area contributed by atoms with Crippen molar-refractivity contribution in [2.45, 2.75) is 12.9 Å². The topological polar surface area (TPSA) is 76.7 Å². The Hall–Kier alpha value is -3.23. The molecule has 6 nitrogen and oxygen atoms in total. The summed E-state index contributed by atoms with van der Waals surface area (Å²) in [7, 11) is 0. The molecule has 0 bridgehead atoms. The molecule has 2 amide bonds. The van der Waals surface area contributed by atoms with Crippen LogP contribution >= 0.6 is 0 Å². The van der Waals surface area contributed by atoms with E-state index in [9.17, 15) is 22.8 Å². The summed E-state index contributed by atoms with van der Waals surface area (Å²) in [6.07, 6.45) is -4.82. The number of anilines is 1. The van der Waals surface area contributed by atoms with E-state index >= 15 is 0 Å². The summed E-state index contributed by atoms with van der Waals surface area (Å²) in [6, 6.07) is 9.98. The van der Waals surface area contributed by atoms with Crippen LogP contribution in [0.4, 0.5) is 18.9 Å². The van der Waals surface area contributed by atoms with Crippen molar-refractivity contribution in [2.24, 2.45) is 0 Å². The molecule has 0 saturated heterocycles. The Labute approximate surface area is 145 Å². The van der Waals surface area contributed by atoms with E-state index in [-0.39, 0.29) is 35.9 Å². The number of amides is 2. The van der Waals surface area contributed by atoms with Crippen molar-refractivity contribution in [1.29, 1.82) is 0 Å². The maximum absolute atomic E-state index is 12.4. The van der Waals surface area contributed by atoms with Crippen molar-refractivity contribution in [1.82, 2.24) is 5.32 Å². The van der Waals surface area contributed by atoms with Gasteiger partial charge in [-0.2, -0.15) is 0 Å². The van der Waals surface area contributed by atoms with Gasteiger partial charge in [-0.15, -0.1) is 13.2 Å². The molecule has 0 unspecified atom stereocenters. The van der Waals surface area contributed by atoms with Crippen molar-refractivity contribution in [3.8, 4) is 11.5 Å². The predicted octanol–water partition coefficient (Wildman–Crippen LogP) is 2.85. The normalized spacial score (nSPS) is 13.3. The first kappa shape index (κ1) is 17.6. The van der Waals surface area contributed by atoms with Crippen molar-refractivity contribution >= 4 is 17.5 Å². The van der Waals surface area contributed by atoms with E-state index in [2.05, 4.69) is 15.4 Å². The molecule has 1 aliphatic rings. The zero-order valence-electron chi connectivity index (χ0n) is 13.2. The van der Waals surface area contributed by atoms with Crippen LogP contribution in [0.3, 0.4) is 0 Å². The van der Waals surface area contributed by atoms with Crippen LogP contribution in [-0.2, 0) is 11.3 Å². The van der Waals surface area contributed by atoms with Crippen molar-refractivity contribution in [2.75, 3.05) is 11.9 Å². The molecule has 0 aliphatic carbocycles. The fourth-order valence-corrected chi connectivity index (χ4v) is 2.37. The van der Waals surface area contributed by atoms with E-state index in [1.54, 1.807) is 6.07 Å². The Morgan fingerprint density at radius 3 is 2.77 bits per heavy atom. The predicted molar refractivity (Wildman–Crippen MR) is 84.9 cm³/mol. The fraction of sp³-hybridized carbons (Fsp3) is 0.176. The van der Waals surface area contributed by atoms with Gasteiger partial charge in [-0.05, 0) is 24.3 Å². The summed E-state index contributed by atoms with van der Waals surface area (Å²) < 4.78 is 46.4. The number of nitrogens with one attached hydrogen (secondary N) is 2. The van der Waals surface area contributed by atoms with Crippen molar-refractivity contribution in [3.63, 3.8) is 0 Å². The second-order valence-corrected chi connectivity index (χ2v) is 5.39. The van der Waals surface area contributed by atoms with Gasteiger partial charge in [0.2, 0.25) is 0 Å². The van der Waals surface area contributed by atoms with Crippen LogP contribution in [0.1, 0.15) is 15.9 Å². The van der Waals surface area contributed by atoms with Crippen molar-refractivity contribution < 1.29 is 32.2 Å². The highest BCUT2D eigenvalue weighted by Gasteiger charge is 2.32. The molecule has 2 aromatic rings. The maximum Gasteiger partial charge on any atom is 0.573 e. The Kier molecular flexibility index (Phi) is 4.70. The highest BCUT2D eigenvalue weighted by Crippen LogP contribution is 2.29. The van der Waals surface area contributed by atoms with E-state index in [0.717, 1.165) is 0 Å². The van der Waals surface area contributed by atoms with E-state index in [1.165, 1.54) is 36.4 Å².